The molecule has 0 radical (unpaired) electrons. The minimum Gasteiger partial charge on any atom is -0.378 e. The van der Waals surface area contributed by atoms with E-state index in [0.717, 1.165) is 0 Å². The molecule has 15 heavy (non-hydrogen) atoms. The molecular formula is C9H12N4O2. The van der Waals surface area contributed by atoms with E-state index < -0.39 is 4.92 Å². The third-order valence-electron chi connectivity index (χ3n) is 1.75. The lowest BCUT2D eigenvalue weighted by atomic mass is 10.2. The van der Waals surface area contributed by atoms with Crippen LogP contribution >= 0.6 is 0 Å². The number of aromatic nitrogens is 1. The predicted octanol–water partition coefficient (Wildman–Crippen LogP) is 0.805. The molecule has 3 N–H and O–H groups in total. The van der Waals surface area contributed by atoms with Crippen LogP contribution in [-0.2, 0) is 0 Å². The summed E-state index contributed by atoms with van der Waals surface area (Å²) >= 11 is 0. The molecule has 6 nitrogen and oxygen atoms in total. The standard InChI is InChI=1S/C9H12N4O2/c1-11-4-2-3-7-5-8(13(14)15)9(10)12-6-7/h2-3,5-6,11H,4H2,1H3,(H2,10,12). The summed E-state index contributed by atoms with van der Waals surface area (Å²) < 4.78 is 0. The molecule has 80 valence electrons. The lowest BCUT2D eigenvalue weighted by Gasteiger charge is -1.97. The Hall–Kier alpha value is -1.95. The fraction of sp³-hybridized carbons (Fsp3) is 0.222. The van der Waals surface area contributed by atoms with Crippen molar-refractivity contribution in [1.82, 2.24) is 10.3 Å². The number of anilines is 1. The summed E-state index contributed by atoms with van der Waals surface area (Å²) in [7, 11) is 1.81. The number of rotatable bonds is 4. The maximum atomic E-state index is 10.6. The Labute approximate surface area is 87.0 Å². The van der Waals surface area contributed by atoms with Crippen molar-refractivity contribution < 1.29 is 4.92 Å². The van der Waals surface area contributed by atoms with Crippen LogP contribution in [0.25, 0.3) is 6.08 Å². The van der Waals surface area contributed by atoms with Crippen molar-refractivity contribution in [2.45, 2.75) is 0 Å². The van der Waals surface area contributed by atoms with Gasteiger partial charge in [-0.05, 0) is 12.6 Å². The van der Waals surface area contributed by atoms with Gasteiger partial charge in [0.15, 0.2) is 0 Å². The molecule has 0 aromatic carbocycles. The first-order valence-electron chi connectivity index (χ1n) is 4.36. The number of likely N-dealkylation sites (N-methyl/N-ethyl adjacent to an activating group) is 1. The van der Waals surface area contributed by atoms with Crippen molar-refractivity contribution in [3.05, 3.63) is 34.0 Å². The molecule has 1 rings (SSSR count). The maximum Gasteiger partial charge on any atom is 0.311 e. The normalized spacial score (nSPS) is 10.7. The van der Waals surface area contributed by atoms with Gasteiger partial charge in [-0.3, -0.25) is 10.1 Å². The topological polar surface area (TPSA) is 94.1 Å². The Kier molecular flexibility index (Phi) is 3.75. The number of nitrogen functional groups attached to an aromatic ring is 1. The van der Waals surface area contributed by atoms with Crippen molar-refractivity contribution >= 4 is 17.6 Å². The molecule has 0 spiro atoms. The minimum atomic E-state index is -0.544. The number of nitrogens with two attached hydrogens (primary N) is 1. The third kappa shape index (κ3) is 3.03. The van der Waals surface area contributed by atoms with Gasteiger partial charge in [0.25, 0.3) is 0 Å². The first-order valence-corrected chi connectivity index (χ1v) is 4.36. The van der Waals surface area contributed by atoms with E-state index in [4.69, 9.17) is 5.73 Å². The SMILES string of the molecule is CNCC=Cc1cnc(N)c([N+](=O)[O-])c1. The Morgan fingerprint density at radius 1 is 1.73 bits per heavy atom. The molecule has 0 fully saturated rings. The van der Waals surface area contributed by atoms with Crippen molar-refractivity contribution in [3.8, 4) is 0 Å². The molecular weight excluding hydrogens is 196 g/mol. The summed E-state index contributed by atoms with van der Waals surface area (Å²) in [6.45, 7) is 0.693. The lowest BCUT2D eigenvalue weighted by molar-refractivity contribution is -0.384. The first kappa shape index (κ1) is 11.1. The highest BCUT2D eigenvalue weighted by atomic mass is 16.6. The monoisotopic (exact) mass is 208 g/mol. The molecule has 0 aliphatic carbocycles. The molecule has 0 amide bonds. The van der Waals surface area contributed by atoms with Gasteiger partial charge >= 0.3 is 5.69 Å². The van der Waals surface area contributed by atoms with Crippen molar-refractivity contribution in [2.24, 2.45) is 0 Å². The molecule has 1 aromatic rings. The van der Waals surface area contributed by atoms with Gasteiger partial charge in [-0.2, -0.15) is 0 Å². The van der Waals surface area contributed by atoms with Gasteiger partial charge in [0.2, 0.25) is 5.82 Å². The van der Waals surface area contributed by atoms with Gasteiger partial charge in [-0.1, -0.05) is 12.2 Å². The van der Waals surface area contributed by atoms with Gasteiger partial charge in [-0.15, -0.1) is 0 Å². The number of pyridine rings is 1. The number of hydrogen-bond acceptors (Lipinski definition) is 5. The first-order chi connectivity index (χ1) is 7.15. The van der Waals surface area contributed by atoms with E-state index in [1.165, 1.54) is 12.3 Å². The van der Waals surface area contributed by atoms with Gasteiger partial charge < -0.3 is 11.1 Å². The average molecular weight is 208 g/mol. The predicted molar refractivity (Wildman–Crippen MR) is 58.3 cm³/mol. The van der Waals surface area contributed by atoms with Crippen LogP contribution < -0.4 is 11.1 Å². The molecule has 6 heteroatoms. The fourth-order valence-corrected chi connectivity index (χ4v) is 1.03. The van der Waals surface area contributed by atoms with E-state index in [2.05, 4.69) is 10.3 Å². The quantitative estimate of drug-likeness (QED) is 0.564. The zero-order valence-corrected chi connectivity index (χ0v) is 8.30. The second kappa shape index (κ2) is 5.06. The molecule has 0 aliphatic rings. The van der Waals surface area contributed by atoms with E-state index in [1.54, 1.807) is 6.08 Å². The van der Waals surface area contributed by atoms with E-state index in [9.17, 15) is 10.1 Å². The molecule has 0 atom stereocenters. The van der Waals surface area contributed by atoms with E-state index >= 15 is 0 Å². The summed E-state index contributed by atoms with van der Waals surface area (Å²) in [5, 5.41) is 13.5. The lowest BCUT2D eigenvalue weighted by Crippen LogP contribution is -2.03. The van der Waals surface area contributed by atoms with Crippen LogP contribution in [0, 0.1) is 10.1 Å². The highest BCUT2D eigenvalue weighted by Crippen LogP contribution is 2.19. The molecule has 1 aromatic heterocycles. The number of nitrogens with zero attached hydrogens (tertiary/aromatic N) is 2. The van der Waals surface area contributed by atoms with Gasteiger partial charge in [-0.25, -0.2) is 4.98 Å². The van der Waals surface area contributed by atoms with Gasteiger partial charge in [0.1, 0.15) is 0 Å². The Bertz CT molecular complexity index is 390. The third-order valence-corrected chi connectivity index (χ3v) is 1.75. The molecule has 1 heterocycles. The Balaban J connectivity index is 2.92. The second-order valence-electron chi connectivity index (χ2n) is 2.89. The van der Waals surface area contributed by atoms with Crippen LogP contribution in [0.1, 0.15) is 5.56 Å². The molecule has 0 unspecified atom stereocenters. The van der Waals surface area contributed by atoms with Gasteiger partial charge in [0, 0.05) is 18.8 Å². The summed E-state index contributed by atoms with van der Waals surface area (Å²) in [6.07, 6.45) is 5.08. The van der Waals surface area contributed by atoms with E-state index in [0.29, 0.717) is 12.1 Å². The van der Waals surface area contributed by atoms with Crippen LogP contribution in [0.15, 0.2) is 18.3 Å². The van der Waals surface area contributed by atoms with Gasteiger partial charge in [0.05, 0.1) is 4.92 Å². The van der Waals surface area contributed by atoms with Crippen LogP contribution in [0.5, 0.6) is 0 Å². The average Bonchev–Trinajstić information content (AvgIpc) is 2.20. The smallest absolute Gasteiger partial charge is 0.311 e. The van der Waals surface area contributed by atoms with Crippen molar-refractivity contribution in [3.63, 3.8) is 0 Å². The summed E-state index contributed by atoms with van der Waals surface area (Å²) in [5.41, 5.74) is 5.85. The highest BCUT2D eigenvalue weighted by Gasteiger charge is 2.11. The second-order valence-corrected chi connectivity index (χ2v) is 2.89. The fourth-order valence-electron chi connectivity index (χ4n) is 1.03. The molecule has 0 bridgehead atoms. The maximum absolute atomic E-state index is 10.6. The van der Waals surface area contributed by atoms with Crippen molar-refractivity contribution in [2.75, 3.05) is 19.3 Å². The Morgan fingerprint density at radius 2 is 2.47 bits per heavy atom. The van der Waals surface area contributed by atoms with Crippen LogP contribution in [0.2, 0.25) is 0 Å². The summed E-state index contributed by atoms with van der Waals surface area (Å²) in [4.78, 5) is 13.8. The van der Waals surface area contributed by atoms with Crippen LogP contribution in [0.4, 0.5) is 11.5 Å². The van der Waals surface area contributed by atoms with E-state index in [1.807, 2.05) is 13.1 Å². The Morgan fingerprint density at radius 3 is 3.07 bits per heavy atom. The number of nitro groups is 1. The van der Waals surface area contributed by atoms with Crippen molar-refractivity contribution in [1.29, 1.82) is 0 Å². The molecule has 0 saturated heterocycles. The number of nitrogens with one attached hydrogen (secondary N) is 1. The largest absolute Gasteiger partial charge is 0.378 e. The molecule has 0 saturated carbocycles. The summed E-state index contributed by atoms with van der Waals surface area (Å²) in [6, 6.07) is 1.40. The zero-order chi connectivity index (χ0) is 11.3. The minimum absolute atomic E-state index is 0.0641. The highest BCUT2D eigenvalue weighted by molar-refractivity contribution is 5.60. The zero-order valence-electron chi connectivity index (χ0n) is 8.30. The van der Waals surface area contributed by atoms with Crippen LogP contribution in [0.3, 0.4) is 0 Å². The molecule has 0 aliphatic heterocycles. The number of hydrogen-bond donors (Lipinski definition) is 2. The summed E-state index contributed by atoms with van der Waals surface area (Å²) in [5.74, 6) is -0.0641. The van der Waals surface area contributed by atoms with Crippen LogP contribution in [-0.4, -0.2) is 23.5 Å². The van der Waals surface area contributed by atoms with E-state index in [-0.39, 0.29) is 11.5 Å².